The smallest absolute Gasteiger partial charge is 0.509 e. The molecule has 0 aliphatic rings. The van der Waals surface area contributed by atoms with E-state index in [1.807, 2.05) is 35.1 Å². The van der Waals surface area contributed by atoms with Gasteiger partial charge in [0.25, 0.3) is 0 Å². The van der Waals surface area contributed by atoms with Gasteiger partial charge in [0, 0.05) is 34.5 Å². The molecule has 0 aliphatic heterocycles. The van der Waals surface area contributed by atoms with E-state index in [2.05, 4.69) is 139 Å². The summed E-state index contributed by atoms with van der Waals surface area (Å²) in [6.07, 6.45) is 4.59. The third-order valence-corrected chi connectivity index (χ3v) is 9.28. The van der Waals surface area contributed by atoms with Crippen molar-refractivity contribution in [3.63, 3.8) is 0 Å². The monoisotopic (exact) mass is 853 g/mol. The molecule has 0 N–H and O–H groups in total. The molecule has 6 heteroatoms. The van der Waals surface area contributed by atoms with Crippen LogP contribution < -0.4 is 4.74 Å². The Balaban J connectivity index is 0.00000448. The van der Waals surface area contributed by atoms with Crippen LogP contribution in [0.15, 0.2) is 97.2 Å². The summed E-state index contributed by atoms with van der Waals surface area (Å²) >= 11 is 0. The van der Waals surface area contributed by atoms with Gasteiger partial charge in [0.05, 0.1) is 5.69 Å². The fraction of sp³-hybridized carbons (Fsp3) is 0.289. The zero-order valence-corrected chi connectivity index (χ0v) is 33.1. The molecule has 3 aromatic heterocycles. The SMILES string of the molecule is CCc1nn(-c2[c-]c(Oc3[c-]c4c(cc3)c3cc(CC(C)(C)C)ccc3n4-c3cc(C(C)(C)C)ccn3)ccc2)c(CC)c1-c1ccccc1.[Pt+2]. The number of aromatic nitrogens is 4. The van der Waals surface area contributed by atoms with Gasteiger partial charge in [0.2, 0.25) is 0 Å². The van der Waals surface area contributed by atoms with Crippen molar-refractivity contribution in [2.75, 3.05) is 0 Å². The van der Waals surface area contributed by atoms with Gasteiger partial charge in [-0.15, -0.1) is 35.7 Å². The van der Waals surface area contributed by atoms with Crippen molar-refractivity contribution in [2.45, 2.75) is 80.1 Å². The van der Waals surface area contributed by atoms with Gasteiger partial charge < -0.3 is 9.30 Å². The van der Waals surface area contributed by atoms with Crippen LogP contribution >= 0.6 is 0 Å². The van der Waals surface area contributed by atoms with Gasteiger partial charge in [-0.05, 0) is 76.1 Å². The van der Waals surface area contributed by atoms with E-state index in [1.54, 1.807) is 0 Å². The average molecular weight is 854 g/mol. The maximum absolute atomic E-state index is 6.54. The molecular formula is C45H46N4OPt. The number of rotatable bonds is 8. The van der Waals surface area contributed by atoms with Crippen molar-refractivity contribution in [3.05, 3.63) is 132 Å². The van der Waals surface area contributed by atoms with Gasteiger partial charge >= 0.3 is 21.1 Å². The first-order valence-corrected chi connectivity index (χ1v) is 17.8. The average Bonchev–Trinajstić information content (AvgIpc) is 3.63. The molecule has 0 spiro atoms. The van der Waals surface area contributed by atoms with E-state index >= 15 is 0 Å². The second-order valence-electron chi connectivity index (χ2n) is 15.4. The summed E-state index contributed by atoms with van der Waals surface area (Å²) in [5.74, 6) is 2.10. The molecule has 51 heavy (non-hydrogen) atoms. The Kier molecular flexibility index (Phi) is 10.2. The number of pyridine rings is 1. The maximum atomic E-state index is 6.54. The molecule has 0 saturated heterocycles. The van der Waals surface area contributed by atoms with Crippen LogP contribution in [0.5, 0.6) is 11.5 Å². The van der Waals surface area contributed by atoms with Crippen molar-refractivity contribution < 1.29 is 25.8 Å². The minimum absolute atomic E-state index is 0. The Hall–Kier alpha value is -4.47. The summed E-state index contributed by atoms with van der Waals surface area (Å²) in [6.45, 7) is 17.9. The van der Waals surface area contributed by atoms with Crippen LogP contribution in [-0.2, 0) is 45.7 Å². The summed E-state index contributed by atoms with van der Waals surface area (Å²) in [4.78, 5) is 4.88. The van der Waals surface area contributed by atoms with Crippen molar-refractivity contribution in [1.29, 1.82) is 0 Å². The molecule has 7 aromatic rings. The first-order valence-electron chi connectivity index (χ1n) is 17.8. The molecule has 0 bridgehead atoms. The number of fused-ring (bicyclic) bond motifs is 3. The molecular weight excluding hydrogens is 808 g/mol. The number of benzene rings is 4. The summed E-state index contributed by atoms with van der Waals surface area (Å²) in [5, 5.41) is 7.38. The summed E-state index contributed by atoms with van der Waals surface area (Å²) < 4.78 is 10.8. The van der Waals surface area contributed by atoms with Crippen LogP contribution in [0.1, 0.15) is 77.9 Å². The topological polar surface area (TPSA) is 44.9 Å². The standard InChI is InChI=1S/C45H46N4O.Pt/c1-9-38-43(31-15-12-11-13-16-31)39(10-2)49(47-38)33-17-14-18-34(27-33)50-35-20-21-36-37-25-30(29-44(3,4)5)19-22-40(37)48(41(36)28-35)42-26-32(23-24-46-42)45(6,7)8;/h11-26H,9-10,29H2,1-8H3;/q-2;+2. The van der Waals surface area contributed by atoms with Crippen LogP contribution in [-0.4, -0.2) is 19.3 Å². The molecule has 3 heterocycles. The minimum atomic E-state index is -0.0128. The van der Waals surface area contributed by atoms with Crippen LogP contribution in [0, 0.1) is 17.5 Å². The van der Waals surface area contributed by atoms with E-state index in [9.17, 15) is 0 Å². The summed E-state index contributed by atoms with van der Waals surface area (Å²) in [6, 6.07) is 39.0. The van der Waals surface area contributed by atoms with Gasteiger partial charge in [0.15, 0.2) is 0 Å². The fourth-order valence-corrected chi connectivity index (χ4v) is 6.95. The number of hydrogen-bond acceptors (Lipinski definition) is 3. The molecule has 0 fully saturated rings. The largest absolute Gasteiger partial charge is 2.00 e. The van der Waals surface area contributed by atoms with Crippen molar-refractivity contribution in [1.82, 2.24) is 19.3 Å². The van der Waals surface area contributed by atoms with Gasteiger partial charge in [-0.25, -0.2) is 4.98 Å². The van der Waals surface area contributed by atoms with E-state index in [4.69, 9.17) is 14.8 Å². The third kappa shape index (κ3) is 7.32. The van der Waals surface area contributed by atoms with Gasteiger partial charge in [0.1, 0.15) is 5.82 Å². The number of hydrogen-bond donors (Lipinski definition) is 0. The van der Waals surface area contributed by atoms with Crippen molar-refractivity contribution >= 4 is 21.8 Å². The second-order valence-corrected chi connectivity index (χ2v) is 15.4. The Morgan fingerprint density at radius 1 is 0.745 bits per heavy atom. The van der Waals surface area contributed by atoms with Crippen LogP contribution in [0.25, 0.3) is 44.4 Å². The van der Waals surface area contributed by atoms with Gasteiger partial charge in [-0.3, -0.25) is 4.68 Å². The zero-order chi connectivity index (χ0) is 35.2. The van der Waals surface area contributed by atoms with Crippen LogP contribution in [0.4, 0.5) is 0 Å². The second kappa shape index (κ2) is 14.3. The Bertz CT molecular complexity index is 2320. The Labute approximate surface area is 317 Å². The van der Waals surface area contributed by atoms with E-state index in [-0.39, 0.29) is 31.9 Å². The fourth-order valence-electron chi connectivity index (χ4n) is 6.95. The van der Waals surface area contributed by atoms with Crippen LogP contribution in [0.3, 0.4) is 0 Å². The molecule has 0 radical (unpaired) electrons. The Morgan fingerprint density at radius 3 is 2.22 bits per heavy atom. The van der Waals surface area contributed by atoms with E-state index < -0.39 is 0 Å². The molecule has 0 unspecified atom stereocenters. The molecule has 0 aliphatic carbocycles. The molecule has 0 saturated carbocycles. The molecule has 0 amide bonds. The predicted molar refractivity (Wildman–Crippen MR) is 206 cm³/mol. The Morgan fingerprint density at radius 2 is 1.51 bits per heavy atom. The molecule has 7 rings (SSSR count). The third-order valence-electron chi connectivity index (χ3n) is 9.28. The molecule has 5 nitrogen and oxygen atoms in total. The van der Waals surface area contributed by atoms with Gasteiger partial charge in [-0.1, -0.05) is 103 Å². The normalized spacial score (nSPS) is 12.0. The van der Waals surface area contributed by atoms with E-state index in [0.29, 0.717) is 11.5 Å². The van der Waals surface area contributed by atoms with Gasteiger partial charge in [-0.2, -0.15) is 17.2 Å². The number of nitrogens with zero attached hydrogens (tertiary/aromatic N) is 4. The predicted octanol–water partition coefficient (Wildman–Crippen LogP) is 11.4. The quantitative estimate of drug-likeness (QED) is 0.143. The minimum Gasteiger partial charge on any atom is -0.509 e. The van der Waals surface area contributed by atoms with Crippen molar-refractivity contribution in [2.24, 2.45) is 5.41 Å². The van der Waals surface area contributed by atoms with E-state index in [1.165, 1.54) is 27.6 Å². The number of ether oxygens (including phenoxy) is 1. The molecule has 4 aromatic carbocycles. The zero-order valence-electron chi connectivity index (χ0n) is 30.9. The summed E-state index contributed by atoms with van der Waals surface area (Å²) in [5.41, 5.74) is 10.2. The van der Waals surface area contributed by atoms with Crippen LogP contribution in [0.2, 0.25) is 0 Å². The van der Waals surface area contributed by atoms with E-state index in [0.717, 1.165) is 58.6 Å². The molecule has 262 valence electrons. The molecule has 0 atom stereocenters. The first-order chi connectivity index (χ1) is 23.9. The summed E-state index contributed by atoms with van der Waals surface area (Å²) in [7, 11) is 0. The van der Waals surface area contributed by atoms with Crippen molar-refractivity contribution in [3.8, 4) is 34.1 Å². The first kappa shape index (κ1) is 36.3. The maximum Gasteiger partial charge on any atom is 2.00 e. The number of aryl methyl sites for hydroxylation is 1.